The van der Waals surface area contributed by atoms with Gasteiger partial charge in [0.15, 0.2) is 0 Å². The summed E-state index contributed by atoms with van der Waals surface area (Å²) in [6.45, 7) is 2.21. The number of benzene rings is 1. The van der Waals surface area contributed by atoms with Crippen LogP contribution in [0.3, 0.4) is 0 Å². The van der Waals surface area contributed by atoms with E-state index in [1.807, 2.05) is 0 Å². The molecule has 0 atom stereocenters. The molecule has 1 saturated carbocycles. The molecule has 1 aromatic rings. The molecule has 0 unspecified atom stereocenters. The Bertz CT molecular complexity index is 491. The normalized spacial score (nSPS) is 22.2. The Labute approximate surface area is 144 Å². The van der Waals surface area contributed by atoms with E-state index in [1.165, 1.54) is 30.0 Å². The largest absolute Gasteiger partial charge is 0.392 e. The zero-order valence-corrected chi connectivity index (χ0v) is 14.6. The minimum absolute atomic E-state index is 0.551. The molecule has 1 aliphatic rings. The van der Waals surface area contributed by atoms with Crippen molar-refractivity contribution >= 4 is 0 Å². The predicted octanol–water partition coefficient (Wildman–Crippen LogP) is 7.20. The Kier molecular flexibility index (Phi) is 7.39. The molecule has 0 N–H and O–H groups in total. The number of allylic oxidation sites excluding steroid dienone is 2. The van der Waals surface area contributed by atoms with Crippen LogP contribution in [0.15, 0.2) is 36.4 Å². The number of hydrogen-bond donors (Lipinski definition) is 0. The molecule has 3 heteroatoms. The molecule has 134 valence electrons. The summed E-state index contributed by atoms with van der Waals surface area (Å²) in [6.07, 6.45) is 7.11. The summed E-state index contributed by atoms with van der Waals surface area (Å²) in [4.78, 5) is 0. The van der Waals surface area contributed by atoms with E-state index in [9.17, 15) is 13.2 Å². The van der Waals surface area contributed by atoms with Gasteiger partial charge in [0.25, 0.3) is 0 Å². The minimum Gasteiger partial charge on any atom is -0.171 e. The number of unbranched alkanes of at least 4 members (excludes halogenated alkanes) is 1. The van der Waals surface area contributed by atoms with Crippen molar-refractivity contribution in [3.8, 4) is 0 Å². The fourth-order valence-corrected chi connectivity index (χ4v) is 3.57. The Hall–Kier alpha value is -1.25. The first-order valence-corrected chi connectivity index (χ1v) is 9.28. The summed E-state index contributed by atoms with van der Waals surface area (Å²) >= 11 is 0. The summed E-state index contributed by atoms with van der Waals surface area (Å²) in [6, 6.07) is 9.08. The first-order chi connectivity index (χ1) is 11.5. The second-order valence-electron chi connectivity index (χ2n) is 7.09. The molecule has 1 aromatic carbocycles. The molecule has 0 heterocycles. The van der Waals surface area contributed by atoms with Gasteiger partial charge in [0.2, 0.25) is 0 Å². The van der Waals surface area contributed by atoms with Crippen molar-refractivity contribution in [3.05, 3.63) is 47.5 Å². The van der Waals surface area contributed by atoms with Gasteiger partial charge in [0, 0.05) is 0 Å². The number of alkyl halides is 3. The second-order valence-corrected chi connectivity index (χ2v) is 7.09. The van der Waals surface area contributed by atoms with Gasteiger partial charge in [-0.15, -0.1) is 0 Å². The van der Waals surface area contributed by atoms with Crippen molar-refractivity contribution in [1.82, 2.24) is 0 Å². The van der Waals surface area contributed by atoms with Crippen LogP contribution in [-0.2, 0) is 6.42 Å². The van der Waals surface area contributed by atoms with Crippen LogP contribution in [0, 0.1) is 5.92 Å². The lowest BCUT2D eigenvalue weighted by molar-refractivity contribution is -0.125. The van der Waals surface area contributed by atoms with Gasteiger partial charge in [-0.3, -0.25) is 0 Å². The molecule has 0 nitrogen and oxygen atoms in total. The molecule has 24 heavy (non-hydrogen) atoms. The van der Waals surface area contributed by atoms with Crippen molar-refractivity contribution in [1.29, 1.82) is 0 Å². The van der Waals surface area contributed by atoms with Crippen molar-refractivity contribution in [2.24, 2.45) is 5.92 Å². The Morgan fingerprint density at radius 2 is 1.67 bits per heavy atom. The summed E-state index contributed by atoms with van der Waals surface area (Å²) < 4.78 is 36.3. The van der Waals surface area contributed by atoms with Gasteiger partial charge >= 0.3 is 6.18 Å². The van der Waals surface area contributed by atoms with Crippen LogP contribution in [0.25, 0.3) is 0 Å². The minimum atomic E-state index is -4.07. The van der Waals surface area contributed by atoms with E-state index < -0.39 is 12.6 Å². The Balaban J connectivity index is 1.74. The standard InChI is InChI=1S/C21H29F3/c1-2-3-6-17-8-12-19(13-9-17)20-14-10-18(11-15-20)7-4-5-16-21(22,23)24/h4-5,8-9,12-13,18,20H,2-3,6-7,10-11,14-16H2,1H3/t18-,20-. The van der Waals surface area contributed by atoms with Crippen molar-refractivity contribution in [3.63, 3.8) is 0 Å². The van der Waals surface area contributed by atoms with E-state index in [0.717, 1.165) is 38.5 Å². The maximum Gasteiger partial charge on any atom is 0.392 e. The monoisotopic (exact) mass is 338 g/mol. The SMILES string of the molecule is CCCCc1ccc([C@H]2CC[C@H](CC=CCC(F)(F)F)CC2)cc1. The molecule has 1 fully saturated rings. The average molecular weight is 338 g/mol. The van der Waals surface area contributed by atoms with Crippen LogP contribution in [0.5, 0.6) is 0 Å². The molecule has 0 spiro atoms. The highest BCUT2D eigenvalue weighted by molar-refractivity contribution is 5.26. The lowest BCUT2D eigenvalue weighted by Gasteiger charge is -2.28. The fourth-order valence-electron chi connectivity index (χ4n) is 3.57. The quantitative estimate of drug-likeness (QED) is 0.461. The third-order valence-corrected chi connectivity index (χ3v) is 5.10. The Morgan fingerprint density at radius 3 is 2.25 bits per heavy atom. The van der Waals surface area contributed by atoms with Crippen LogP contribution in [-0.4, -0.2) is 6.18 Å². The van der Waals surface area contributed by atoms with Crippen LogP contribution in [0.2, 0.25) is 0 Å². The average Bonchev–Trinajstić information content (AvgIpc) is 2.57. The van der Waals surface area contributed by atoms with Crippen LogP contribution in [0.4, 0.5) is 13.2 Å². The van der Waals surface area contributed by atoms with E-state index in [-0.39, 0.29) is 0 Å². The van der Waals surface area contributed by atoms with Gasteiger partial charge in [0.1, 0.15) is 0 Å². The smallest absolute Gasteiger partial charge is 0.171 e. The highest BCUT2D eigenvalue weighted by atomic mass is 19.4. The molecule has 2 rings (SSSR count). The number of rotatable bonds is 7. The topological polar surface area (TPSA) is 0 Å². The maximum atomic E-state index is 12.1. The fraction of sp³-hybridized carbons (Fsp3) is 0.619. The van der Waals surface area contributed by atoms with E-state index in [1.54, 1.807) is 6.08 Å². The van der Waals surface area contributed by atoms with Crippen molar-refractivity contribution < 1.29 is 13.2 Å². The van der Waals surface area contributed by atoms with Gasteiger partial charge < -0.3 is 0 Å². The second kappa shape index (κ2) is 9.29. The summed E-state index contributed by atoms with van der Waals surface area (Å²) in [5.41, 5.74) is 2.85. The number of hydrogen-bond acceptors (Lipinski definition) is 0. The Morgan fingerprint density at radius 1 is 1.00 bits per heavy atom. The highest BCUT2D eigenvalue weighted by Crippen LogP contribution is 2.37. The third-order valence-electron chi connectivity index (χ3n) is 5.10. The molecule has 0 aromatic heterocycles. The summed E-state index contributed by atoms with van der Waals surface area (Å²) in [7, 11) is 0. The molecule has 0 saturated heterocycles. The van der Waals surface area contributed by atoms with Gasteiger partial charge in [0.05, 0.1) is 6.42 Å². The van der Waals surface area contributed by atoms with Gasteiger partial charge in [-0.25, -0.2) is 0 Å². The predicted molar refractivity (Wildman–Crippen MR) is 94.2 cm³/mol. The van der Waals surface area contributed by atoms with E-state index in [2.05, 4.69) is 31.2 Å². The van der Waals surface area contributed by atoms with Gasteiger partial charge in [-0.2, -0.15) is 13.2 Å². The summed E-state index contributed by atoms with van der Waals surface area (Å²) in [5, 5.41) is 0. The van der Waals surface area contributed by atoms with Gasteiger partial charge in [-0.05, 0) is 67.9 Å². The van der Waals surface area contributed by atoms with Crippen LogP contribution < -0.4 is 0 Å². The highest BCUT2D eigenvalue weighted by Gasteiger charge is 2.25. The van der Waals surface area contributed by atoms with Crippen LogP contribution >= 0.6 is 0 Å². The molecule has 0 radical (unpaired) electrons. The lowest BCUT2D eigenvalue weighted by atomic mass is 9.77. The summed E-state index contributed by atoms with van der Waals surface area (Å²) in [5.74, 6) is 1.18. The lowest BCUT2D eigenvalue weighted by Crippen LogP contribution is -2.13. The number of halogens is 3. The van der Waals surface area contributed by atoms with E-state index in [0.29, 0.717) is 11.8 Å². The zero-order valence-electron chi connectivity index (χ0n) is 14.6. The van der Waals surface area contributed by atoms with Crippen molar-refractivity contribution in [2.45, 2.75) is 76.8 Å². The first kappa shape index (κ1) is 19.1. The molecule has 1 aliphatic carbocycles. The van der Waals surface area contributed by atoms with E-state index in [4.69, 9.17) is 0 Å². The molecule has 0 amide bonds. The van der Waals surface area contributed by atoms with E-state index >= 15 is 0 Å². The maximum absolute atomic E-state index is 12.1. The number of aryl methyl sites for hydroxylation is 1. The molecule has 0 aliphatic heterocycles. The molecular weight excluding hydrogens is 309 g/mol. The third kappa shape index (κ3) is 6.70. The molecular formula is C21H29F3. The first-order valence-electron chi connectivity index (χ1n) is 9.28. The van der Waals surface area contributed by atoms with Gasteiger partial charge in [-0.1, -0.05) is 49.8 Å². The zero-order chi connectivity index (χ0) is 17.4. The molecule has 0 bridgehead atoms. The van der Waals surface area contributed by atoms with Crippen LogP contribution in [0.1, 0.15) is 75.3 Å². The van der Waals surface area contributed by atoms with Crippen molar-refractivity contribution in [2.75, 3.05) is 0 Å².